The molecule has 3 aliphatic rings. The van der Waals surface area contributed by atoms with Gasteiger partial charge in [-0.3, -0.25) is 14.7 Å². The highest BCUT2D eigenvalue weighted by atomic mass is 19.1. The SMILES string of the molecule is Cc1ccc(C(=O)N2CCCC3CCCCC32)c(C2CCN(Cc3ccc(F)cc3)CC2)n1. The number of benzene rings is 1. The fourth-order valence-corrected chi connectivity index (χ4v) is 6.31. The molecule has 33 heavy (non-hydrogen) atoms. The van der Waals surface area contributed by atoms with Gasteiger partial charge in [0.2, 0.25) is 0 Å². The van der Waals surface area contributed by atoms with Gasteiger partial charge in [-0.05, 0) is 94.3 Å². The van der Waals surface area contributed by atoms with Crippen LogP contribution in [0.5, 0.6) is 0 Å². The number of carbonyl (C=O) groups excluding carboxylic acids is 1. The third-order valence-corrected chi connectivity index (χ3v) is 8.09. The number of fused-ring (bicyclic) bond motifs is 1. The van der Waals surface area contributed by atoms with Crippen molar-refractivity contribution < 1.29 is 9.18 Å². The van der Waals surface area contributed by atoms with Crippen LogP contribution in [0.15, 0.2) is 36.4 Å². The van der Waals surface area contributed by atoms with Crippen LogP contribution < -0.4 is 0 Å². The molecule has 0 spiro atoms. The van der Waals surface area contributed by atoms with E-state index >= 15 is 0 Å². The average molecular weight is 450 g/mol. The number of rotatable bonds is 4. The predicted octanol–water partition coefficient (Wildman–Crippen LogP) is 5.70. The summed E-state index contributed by atoms with van der Waals surface area (Å²) in [6.45, 7) is 5.71. The molecule has 3 heterocycles. The first kappa shape index (κ1) is 22.5. The molecule has 2 aromatic rings. The second-order valence-electron chi connectivity index (χ2n) is 10.3. The van der Waals surface area contributed by atoms with Crippen LogP contribution in [0.2, 0.25) is 0 Å². The number of hydrogen-bond donors (Lipinski definition) is 0. The first-order valence-corrected chi connectivity index (χ1v) is 12.8. The Kier molecular flexibility index (Phi) is 6.77. The number of halogens is 1. The Morgan fingerprint density at radius 3 is 2.45 bits per heavy atom. The van der Waals surface area contributed by atoms with Crippen molar-refractivity contribution in [1.82, 2.24) is 14.8 Å². The fraction of sp³-hybridized carbons (Fsp3) is 0.571. The Morgan fingerprint density at radius 2 is 1.67 bits per heavy atom. The van der Waals surface area contributed by atoms with Gasteiger partial charge in [-0.1, -0.05) is 25.0 Å². The van der Waals surface area contributed by atoms with Crippen molar-refractivity contribution in [2.45, 2.75) is 76.8 Å². The van der Waals surface area contributed by atoms with Crippen LogP contribution in [0.1, 0.15) is 84.6 Å². The lowest BCUT2D eigenvalue weighted by molar-refractivity contribution is 0.0388. The molecule has 0 radical (unpaired) electrons. The third kappa shape index (κ3) is 4.98. The van der Waals surface area contributed by atoms with E-state index in [0.717, 1.165) is 74.4 Å². The van der Waals surface area contributed by atoms with Gasteiger partial charge >= 0.3 is 0 Å². The number of pyridine rings is 1. The molecule has 3 fully saturated rings. The van der Waals surface area contributed by atoms with Crippen LogP contribution >= 0.6 is 0 Å². The second-order valence-corrected chi connectivity index (χ2v) is 10.3. The molecule has 5 rings (SSSR count). The molecule has 1 amide bonds. The normalized spacial score (nSPS) is 24.5. The standard InChI is InChI=1S/C28H36FN3O/c1-20-8-13-25(28(33)32-16-4-6-22-5-2-3-7-26(22)32)27(30-20)23-14-17-31(18-15-23)19-21-9-11-24(29)12-10-21/h8-13,22-23,26H,2-7,14-19H2,1H3. The number of likely N-dealkylation sites (tertiary alicyclic amines) is 2. The van der Waals surface area contributed by atoms with Crippen molar-refractivity contribution in [1.29, 1.82) is 0 Å². The van der Waals surface area contributed by atoms with E-state index in [1.165, 1.54) is 37.8 Å². The van der Waals surface area contributed by atoms with Crippen LogP contribution in [-0.4, -0.2) is 46.4 Å². The van der Waals surface area contributed by atoms with Crippen LogP contribution in [-0.2, 0) is 6.54 Å². The molecule has 0 bridgehead atoms. The topological polar surface area (TPSA) is 36.4 Å². The Labute approximate surface area is 197 Å². The summed E-state index contributed by atoms with van der Waals surface area (Å²) in [5.74, 6) is 1.03. The van der Waals surface area contributed by atoms with E-state index in [2.05, 4.69) is 9.80 Å². The molecule has 4 nitrogen and oxygen atoms in total. The minimum absolute atomic E-state index is 0.187. The number of nitrogens with zero attached hydrogens (tertiary/aromatic N) is 3. The molecular weight excluding hydrogens is 413 g/mol. The van der Waals surface area contributed by atoms with Gasteiger partial charge < -0.3 is 4.90 Å². The maximum Gasteiger partial charge on any atom is 0.255 e. The number of aromatic nitrogens is 1. The van der Waals surface area contributed by atoms with E-state index in [9.17, 15) is 9.18 Å². The minimum atomic E-state index is -0.187. The van der Waals surface area contributed by atoms with Gasteiger partial charge in [-0.2, -0.15) is 0 Å². The summed E-state index contributed by atoms with van der Waals surface area (Å²) < 4.78 is 13.2. The van der Waals surface area contributed by atoms with Crippen LogP contribution in [0.4, 0.5) is 4.39 Å². The zero-order valence-electron chi connectivity index (χ0n) is 19.8. The quantitative estimate of drug-likeness (QED) is 0.600. The molecule has 2 unspecified atom stereocenters. The van der Waals surface area contributed by atoms with Gasteiger partial charge in [0.25, 0.3) is 5.91 Å². The highest BCUT2D eigenvalue weighted by molar-refractivity contribution is 5.95. The molecule has 1 aromatic carbocycles. The predicted molar refractivity (Wildman–Crippen MR) is 129 cm³/mol. The van der Waals surface area contributed by atoms with Crippen molar-refractivity contribution in [3.63, 3.8) is 0 Å². The maximum atomic E-state index is 13.8. The summed E-state index contributed by atoms with van der Waals surface area (Å²) in [5, 5.41) is 0. The zero-order chi connectivity index (χ0) is 22.8. The maximum absolute atomic E-state index is 13.8. The molecule has 1 aliphatic carbocycles. The number of carbonyl (C=O) groups is 1. The van der Waals surface area contributed by atoms with Gasteiger partial charge in [0.1, 0.15) is 5.82 Å². The van der Waals surface area contributed by atoms with E-state index in [1.54, 1.807) is 0 Å². The molecule has 2 atom stereocenters. The van der Waals surface area contributed by atoms with E-state index in [4.69, 9.17) is 4.98 Å². The molecule has 0 N–H and O–H groups in total. The number of hydrogen-bond acceptors (Lipinski definition) is 3. The summed E-state index contributed by atoms with van der Waals surface area (Å²) in [4.78, 5) is 23.4. The average Bonchev–Trinajstić information content (AvgIpc) is 2.85. The molecule has 1 aromatic heterocycles. The van der Waals surface area contributed by atoms with Gasteiger partial charge in [0.15, 0.2) is 0 Å². The molecular formula is C28H36FN3O. The van der Waals surface area contributed by atoms with Crippen LogP contribution in [0, 0.1) is 18.7 Å². The Balaban J connectivity index is 1.30. The van der Waals surface area contributed by atoms with Gasteiger partial charge in [-0.15, -0.1) is 0 Å². The third-order valence-electron chi connectivity index (χ3n) is 8.09. The molecule has 5 heteroatoms. The summed E-state index contributed by atoms with van der Waals surface area (Å²) in [6.07, 6.45) is 9.41. The summed E-state index contributed by atoms with van der Waals surface area (Å²) >= 11 is 0. The lowest BCUT2D eigenvalue weighted by Crippen LogP contribution is -2.50. The second kappa shape index (κ2) is 9.92. The van der Waals surface area contributed by atoms with E-state index in [-0.39, 0.29) is 11.7 Å². The Bertz CT molecular complexity index is 966. The number of aryl methyl sites for hydroxylation is 1. The summed E-state index contributed by atoms with van der Waals surface area (Å²) in [5.41, 5.74) is 3.99. The number of amides is 1. The van der Waals surface area contributed by atoms with E-state index in [0.29, 0.717) is 17.9 Å². The first-order valence-electron chi connectivity index (χ1n) is 12.8. The van der Waals surface area contributed by atoms with Crippen molar-refractivity contribution in [3.05, 3.63) is 64.7 Å². The first-order chi connectivity index (χ1) is 16.1. The van der Waals surface area contributed by atoms with Gasteiger partial charge in [-0.25, -0.2) is 4.39 Å². The summed E-state index contributed by atoms with van der Waals surface area (Å²) in [6, 6.07) is 11.3. The van der Waals surface area contributed by atoms with Gasteiger partial charge in [0.05, 0.1) is 11.3 Å². The Hall–Kier alpha value is -2.27. The summed E-state index contributed by atoms with van der Waals surface area (Å²) in [7, 11) is 0. The van der Waals surface area contributed by atoms with Crippen molar-refractivity contribution in [3.8, 4) is 0 Å². The lowest BCUT2D eigenvalue weighted by Gasteiger charge is -2.44. The number of piperidine rings is 2. The highest BCUT2D eigenvalue weighted by Crippen LogP contribution is 2.37. The molecule has 1 saturated carbocycles. The monoisotopic (exact) mass is 449 g/mol. The lowest BCUT2D eigenvalue weighted by atomic mass is 9.78. The van der Waals surface area contributed by atoms with Crippen molar-refractivity contribution in [2.75, 3.05) is 19.6 Å². The van der Waals surface area contributed by atoms with Gasteiger partial charge in [0, 0.05) is 30.7 Å². The minimum Gasteiger partial charge on any atom is -0.335 e. The van der Waals surface area contributed by atoms with E-state index in [1.807, 2.05) is 31.2 Å². The van der Waals surface area contributed by atoms with Crippen LogP contribution in [0.3, 0.4) is 0 Å². The highest BCUT2D eigenvalue weighted by Gasteiger charge is 2.37. The van der Waals surface area contributed by atoms with Crippen molar-refractivity contribution in [2.24, 2.45) is 5.92 Å². The Morgan fingerprint density at radius 1 is 0.939 bits per heavy atom. The zero-order valence-corrected chi connectivity index (χ0v) is 19.8. The van der Waals surface area contributed by atoms with Crippen LogP contribution in [0.25, 0.3) is 0 Å². The van der Waals surface area contributed by atoms with E-state index < -0.39 is 0 Å². The molecule has 176 valence electrons. The smallest absolute Gasteiger partial charge is 0.255 e. The fourth-order valence-electron chi connectivity index (χ4n) is 6.31. The molecule has 2 aliphatic heterocycles. The van der Waals surface area contributed by atoms with Crippen molar-refractivity contribution >= 4 is 5.91 Å². The molecule has 2 saturated heterocycles. The largest absolute Gasteiger partial charge is 0.335 e.